The molecule has 6 heteroatoms. The van der Waals surface area contributed by atoms with Crippen LogP contribution in [0.1, 0.15) is 37.6 Å². The summed E-state index contributed by atoms with van der Waals surface area (Å²) in [4.78, 5) is 12.1. The maximum absolute atomic E-state index is 12.1. The topological polar surface area (TPSA) is 74.2 Å². The SMILES string of the molecule is CCC#C[C@@]1(O)[C@@H](COC(=O)c2ccccc2)O[C@@H]2OC(C)(C)O[C@@H]21. The highest BCUT2D eigenvalue weighted by Crippen LogP contribution is 2.43. The number of benzene rings is 1. The molecule has 0 saturated carbocycles. The Morgan fingerprint density at radius 3 is 2.68 bits per heavy atom. The van der Waals surface area contributed by atoms with E-state index in [4.69, 9.17) is 18.9 Å². The molecule has 134 valence electrons. The third-order valence-corrected chi connectivity index (χ3v) is 4.12. The maximum Gasteiger partial charge on any atom is 0.338 e. The molecule has 1 N–H and O–H groups in total. The molecule has 2 fully saturated rings. The van der Waals surface area contributed by atoms with Crippen molar-refractivity contribution >= 4 is 5.97 Å². The van der Waals surface area contributed by atoms with Gasteiger partial charge in [0.05, 0.1) is 5.56 Å². The van der Waals surface area contributed by atoms with Crippen molar-refractivity contribution in [2.24, 2.45) is 0 Å². The first-order valence-electron chi connectivity index (χ1n) is 8.31. The number of ether oxygens (including phenoxy) is 4. The number of carbonyl (C=O) groups is 1. The van der Waals surface area contributed by atoms with E-state index in [-0.39, 0.29) is 6.61 Å². The minimum absolute atomic E-state index is 0.150. The van der Waals surface area contributed by atoms with E-state index in [2.05, 4.69) is 11.8 Å². The second-order valence-corrected chi connectivity index (χ2v) is 6.49. The van der Waals surface area contributed by atoms with E-state index in [0.717, 1.165) is 0 Å². The van der Waals surface area contributed by atoms with Gasteiger partial charge in [0.15, 0.2) is 23.8 Å². The van der Waals surface area contributed by atoms with E-state index in [9.17, 15) is 9.90 Å². The molecule has 2 heterocycles. The Balaban J connectivity index is 1.73. The molecule has 0 aromatic heterocycles. The average molecular weight is 346 g/mol. The highest BCUT2D eigenvalue weighted by atomic mass is 16.8. The molecule has 6 nitrogen and oxygen atoms in total. The van der Waals surface area contributed by atoms with E-state index in [1.807, 2.05) is 13.0 Å². The van der Waals surface area contributed by atoms with Gasteiger partial charge >= 0.3 is 5.97 Å². The molecule has 0 amide bonds. The summed E-state index contributed by atoms with van der Waals surface area (Å²) in [5.74, 6) is 4.32. The highest BCUT2D eigenvalue weighted by molar-refractivity contribution is 5.89. The Labute approximate surface area is 147 Å². The third kappa shape index (κ3) is 3.55. The van der Waals surface area contributed by atoms with Crippen molar-refractivity contribution in [3.63, 3.8) is 0 Å². The molecule has 4 atom stereocenters. The first kappa shape index (κ1) is 17.9. The fourth-order valence-electron chi connectivity index (χ4n) is 2.93. The largest absolute Gasteiger partial charge is 0.459 e. The Bertz CT molecular complexity index is 689. The lowest BCUT2D eigenvalue weighted by atomic mass is 9.93. The molecular weight excluding hydrogens is 324 g/mol. The van der Waals surface area contributed by atoms with Crippen molar-refractivity contribution in [1.82, 2.24) is 0 Å². The number of hydrogen-bond acceptors (Lipinski definition) is 6. The monoisotopic (exact) mass is 346 g/mol. The number of carbonyl (C=O) groups excluding carboxylic acids is 1. The van der Waals surface area contributed by atoms with Gasteiger partial charge in [-0.2, -0.15) is 0 Å². The molecule has 0 radical (unpaired) electrons. The molecule has 2 aliphatic rings. The quantitative estimate of drug-likeness (QED) is 0.665. The number of esters is 1. The van der Waals surface area contributed by atoms with E-state index >= 15 is 0 Å². The van der Waals surface area contributed by atoms with Crippen LogP contribution in [0.3, 0.4) is 0 Å². The average Bonchev–Trinajstić information content (AvgIpc) is 3.03. The predicted molar refractivity (Wildman–Crippen MR) is 88.4 cm³/mol. The first-order valence-corrected chi connectivity index (χ1v) is 8.31. The summed E-state index contributed by atoms with van der Waals surface area (Å²) in [7, 11) is 0. The molecule has 0 spiro atoms. The van der Waals surface area contributed by atoms with Crippen molar-refractivity contribution in [3.8, 4) is 11.8 Å². The van der Waals surface area contributed by atoms with Crippen LogP contribution in [0, 0.1) is 11.8 Å². The molecule has 1 aromatic rings. The Morgan fingerprint density at radius 2 is 2.00 bits per heavy atom. The lowest BCUT2D eigenvalue weighted by molar-refractivity contribution is -0.225. The standard InChI is InChI=1S/C19H22O6/c1-4-5-11-19(21)14(23-17-15(19)24-18(2,3)25-17)12-22-16(20)13-9-7-6-8-10-13/h6-10,14-15,17,21H,4,12H2,1-3H3/t14-,15+,17-,19-/m1/s1. The smallest absolute Gasteiger partial charge is 0.338 e. The summed E-state index contributed by atoms with van der Waals surface area (Å²) in [6, 6.07) is 8.63. The highest BCUT2D eigenvalue weighted by Gasteiger charge is 2.63. The maximum atomic E-state index is 12.1. The molecule has 0 aliphatic carbocycles. The molecule has 25 heavy (non-hydrogen) atoms. The molecule has 1 aromatic carbocycles. The summed E-state index contributed by atoms with van der Waals surface area (Å²) in [5, 5.41) is 11.1. The second kappa shape index (κ2) is 6.77. The van der Waals surface area contributed by atoms with Gasteiger partial charge in [0.25, 0.3) is 0 Å². The molecule has 2 saturated heterocycles. The van der Waals surface area contributed by atoms with Crippen LogP contribution in [0.5, 0.6) is 0 Å². The third-order valence-electron chi connectivity index (χ3n) is 4.12. The molecular formula is C19H22O6. The Morgan fingerprint density at radius 1 is 1.28 bits per heavy atom. The first-order chi connectivity index (χ1) is 11.9. The van der Waals surface area contributed by atoms with Gasteiger partial charge in [0, 0.05) is 6.42 Å². The summed E-state index contributed by atoms with van der Waals surface area (Å²) >= 11 is 0. The summed E-state index contributed by atoms with van der Waals surface area (Å²) in [6.45, 7) is 5.21. The van der Waals surface area contributed by atoms with Crippen molar-refractivity contribution in [2.45, 2.75) is 57.1 Å². The van der Waals surface area contributed by atoms with Gasteiger partial charge in [-0.15, -0.1) is 5.92 Å². The van der Waals surface area contributed by atoms with Crippen LogP contribution in [-0.4, -0.2) is 47.6 Å². The second-order valence-electron chi connectivity index (χ2n) is 6.49. The molecule has 0 unspecified atom stereocenters. The predicted octanol–water partition coefficient (Wildman–Crippen LogP) is 1.86. The number of aliphatic hydroxyl groups is 1. The molecule has 0 bridgehead atoms. The molecule has 2 aliphatic heterocycles. The van der Waals surface area contributed by atoms with Gasteiger partial charge in [-0.1, -0.05) is 31.0 Å². The number of rotatable bonds is 3. The van der Waals surface area contributed by atoms with Crippen LogP contribution in [0.25, 0.3) is 0 Å². The normalized spacial score (nSPS) is 32.6. The van der Waals surface area contributed by atoms with Crippen LogP contribution < -0.4 is 0 Å². The fraction of sp³-hybridized carbons (Fsp3) is 0.526. The minimum atomic E-state index is -1.61. The van der Waals surface area contributed by atoms with Crippen LogP contribution in [0.4, 0.5) is 0 Å². The van der Waals surface area contributed by atoms with E-state index in [0.29, 0.717) is 12.0 Å². The minimum Gasteiger partial charge on any atom is -0.459 e. The molecule has 3 rings (SSSR count). The van der Waals surface area contributed by atoms with E-state index in [1.54, 1.807) is 38.1 Å². The lowest BCUT2D eigenvalue weighted by Crippen LogP contribution is -2.49. The van der Waals surface area contributed by atoms with Gasteiger partial charge in [0.1, 0.15) is 12.7 Å². The lowest BCUT2D eigenvalue weighted by Gasteiger charge is -2.29. The Kier molecular flexibility index (Phi) is 4.85. The van der Waals surface area contributed by atoms with Gasteiger partial charge < -0.3 is 24.1 Å². The van der Waals surface area contributed by atoms with Gasteiger partial charge in [-0.25, -0.2) is 4.79 Å². The van der Waals surface area contributed by atoms with Crippen molar-refractivity contribution in [1.29, 1.82) is 0 Å². The van der Waals surface area contributed by atoms with Gasteiger partial charge in [-0.05, 0) is 26.0 Å². The van der Waals surface area contributed by atoms with Gasteiger partial charge in [0.2, 0.25) is 0 Å². The Hall–Kier alpha value is -1.91. The van der Waals surface area contributed by atoms with Crippen LogP contribution >= 0.6 is 0 Å². The van der Waals surface area contributed by atoms with E-state index in [1.165, 1.54) is 0 Å². The van der Waals surface area contributed by atoms with Crippen molar-refractivity contribution in [3.05, 3.63) is 35.9 Å². The number of hydrogen-bond donors (Lipinski definition) is 1. The fourth-order valence-corrected chi connectivity index (χ4v) is 2.93. The van der Waals surface area contributed by atoms with Crippen molar-refractivity contribution < 1.29 is 28.8 Å². The summed E-state index contributed by atoms with van der Waals surface area (Å²) in [6.07, 6.45) is -1.81. The zero-order chi connectivity index (χ0) is 18.1. The summed E-state index contributed by atoms with van der Waals surface area (Å²) in [5.41, 5.74) is -1.18. The van der Waals surface area contributed by atoms with Crippen molar-refractivity contribution in [2.75, 3.05) is 6.61 Å². The van der Waals surface area contributed by atoms with Crippen LogP contribution in [0.2, 0.25) is 0 Å². The van der Waals surface area contributed by atoms with Gasteiger partial charge in [-0.3, -0.25) is 0 Å². The van der Waals surface area contributed by atoms with E-state index < -0.39 is 35.9 Å². The van der Waals surface area contributed by atoms with Crippen LogP contribution in [-0.2, 0) is 18.9 Å². The number of fused-ring (bicyclic) bond motifs is 1. The van der Waals surface area contributed by atoms with Crippen LogP contribution in [0.15, 0.2) is 30.3 Å². The zero-order valence-corrected chi connectivity index (χ0v) is 14.5. The zero-order valence-electron chi connectivity index (χ0n) is 14.5. The summed E-state index contributed by atoms with van der Waals surface area (Å²) < 4.78 is 22.5.